The molecule has 1 atom stereocenters. The highest BCUT2D eigenvalue weighted by Gasteiger charge is 2.31. The first-order valence-corrected chi connectivity index (χ1v) is 14.2. The maximum absolute atomic E-state index is 13.7. The van der Waals surface area contributed by atoms with Gasteiger partial charge in [-0.1, -0.05) is 55.6 Å². The summed E-state index contributed by atoms with van der Waals surface area (Å²) in [7, 11) is -2.37. The van der Waals surface area contributed by atoms with E-state index >= 15 is 0 Å². The summed E-state index contributed by atoms with van der Waals surface area (Å²) in [4.78, 5) is 28.1. The number of carbonyl (C=O) groups excluding carboxylic acids is 2. The molecule has 0 fully saturated rings. The lowest BCUT2D eigenvalue weighted by molar-refractivity contribution is -0.140. The van der Waals surface area contributed by atoms with Crippen molar-refractivity contribution < 1.29 is 22.7 Å². The summed E-state index contributed by atoms with van der Waals surface area (Å²) in [6, 6.07) is 10.6. The topological polar surface area (TPSA) is 96.0 Å². The number of ether oxygens (including phenoxy) is 1. The zero-order chi connectivity index (χ0) is 26.9. The molecule has 36 heavy (non-hydrogen) atoms. The zero-order valence-electron chi connectivity index (χ0n) is 21.0. The van der Waals surface area contributed by atoms with Crippen LogP contribution < -0.4 is 14.4 Å². The number of nitrogens with zero attached hydrogens (tertiary/aromatic N) is 2. The Labute approximate surface area is 223 Å². The first kappa shape index (κ1) is 29.7. The monoisotopic (exact) mass is 557 g/mol. The Morgan fingerprint density at radius 3 is 2.39 bits per heavy atom. The summed E-state index contributed by atoms with van der Waals surface area (Å²) < 4.78 is 31.6. The van der Waals surface area contributed by atoms with E-state index < -0.39 is 28.5 Å². The number of nitrogens with one attached hydrogen (secondary N) is 1. The fourth-order valence-corrected chi connectivity index (χ4v) is 4.80. The number of benzene rings is 2. The van der Waals surface area contributed by atoms with E-state index in [0.717, 1.165) is 23.4 Å². The second kappa shape index (κ2) is 13.7. The van der Waals surface area contributed by atoms with Gasteiger partial charge in [0.25, 0.3) is 0 Å². The smallest absolute Gasteiger partial charge is 0.244 e. The molecule has 2 amide bonds. The molecule has 2 rings (SSSR count). The maximum Gasteiger partial charge on any atom is 0.244 e. The molecule has 198 valence electrons. The van der Waals surface area contributed by atoms with E-state index in [2.05, 4.69) is 5.32 Å². The first-order chi connectivity index (χ1) is 17.0. The fourth-order valence-electron chi connectivity index (χ4n) is 3.64. The van der Waals surface area contributed by atoms with Crippen LogP contribution in [0.3, 0.4) is 0 Å². The van der Waals surface area contributed by atoms with Gasteiger partial charge in [-0.25, -0.2) is 8.42 Å². The molecule has 0 saturated carbocycles. The zero-order valence-corrected chi connectivity index (χ0v) is 23.3. The van der Waals surface area contributed by atoms with E-state index in [1.54, 1.807) is 43.3 Å². The van der Waals surface area contributed by atoms with E-state index in [4.69, 9.17) is 27.9 Å². The van der Waals surface area contributed by atoms with Crippen molar-refractivity contribution in [3.63, 3.8) is 0 Å². The molecule has 0 aromatic heterocycles. The number of hydrogen-bond donors (Lipinski definition) is 1. The summed E-state index contributed by atoms with van der Waals surface area (Å²) in [5, 5.41) is 3.56. The second-order valence-electron chi connectivity index (χ2n) is 8.31. The number of anilines is 1. The van der Waals surface area contributed by atoms with Crippen molar-refractivity contribution in [2.75, 3.05) is 30.8 Å². The standard InChI is InChI=1S/C25H33Cl2N3O5S/c1-5-7-13-28-25(32)23(6-2)29(16-18-11-12-21(26)22(27)14-18)24(31)17-30(36(4,33)34)19-9-8-10-20(15-19)35-3/h8-12,14-15,23H,5-7,13,16-17H2,1-4H3,(H,28,32). The minimum Gasteiger partial charge on any atom is -0.497 e. The Kier molecular flexibility index (Phi) is 11.3. The van der Waals surface area contributed by atoms with Gasteiger partial charge in [0.15, 0.2) is 0 Å². The molecule has 8 nitrogen and oxygen atoms in total. The molecule has 1 N–H and O–H groups in total. The van der Waals surface area contributed by atoms with Crippen molar-refractivity contribution in [1.82, 2.24) is 10.2 Å². The van der Waals surface area contributed by atoms with Crippen LogP contribution in [-0.4, -0.2) is 57.6 Å². The van der Waals surface area contributed by atoms with Crippen molar-refractivity contribution >= 4 is 50.7 Å². The fraction of sp³-hybridized carbons (Fsp3) is 0.440. The number of amides is 2. The van der Waals surface area contributed by atoms with Gasteiger partial charge in [0.2, 0.25) is 21.8 Å². The number of halogens is 2. The molecule has 0 saturated heterocycles. The Morgan fingerprint density at radius 2 is 1.81 bits per heavy atom. The number of rotatable bonds is 13. The number of hydrogen-bond acceptors (Lipinski definition) is 5. The van der Waals surface area contributed by atoms with E-state index in [0.29, 0.717) is 34.3 Å². The van der Waals surface area contributed by atoms with Crippen LogP contribution in [-0.2, 0) is 26.2 Å². The number of sulfonamides is 1. The van der Waals surface area contributed by atoms with Crippen molar-refractivity contribution in [2.24, 2.45) is 0 Å². The van der Waals surface area contributed by atoms with Crippen molar-refractivity contribution in [3.05, 3.63) is 58.1 Å². The molecular weight excluding hydrogens is 525 g/mol. The van der Waals surface area contributed by atoms with E-state index in [1.807, 2.05) is 6.92 Å². The molecule has 0 bridgehead atoms. The number of carbonyl (C=O) groups is 2. The molecule has 2 aromatic rings. The van der Waals surface area contributed by atoms with E-state index in [1.165, 1.54) is 18.1 Å². The average Bonchev–Trinajstić information content (AvgIpc) is 2.83. The summed E-state index contributed by atoms with van der Waals surface area (Å²) in [6.07, 6.45) is 3.08. The number of unbranched alkanes of at least 4 members (excludes halogenated alkanes) is 1. The first-order valence-electron chi connectivity index (χ1n) is 11.6. The summed E-state index contributed by atoms with van der Waals surface area (Å²) in [5.41, 5.74) is 0.935. The summed E-state index contributed by atoms with van der Waals surface area (Å²) >= 11 is 12.2. The minimum atomic E-state index is -3.84. The van der Waals surface area contributed by atoms with Crippen molar-refractivity contribution in [2.45, 2.75) is 45.7 Å². The van der Waals surface area contributed by atoms with Gasteiger partial charge in [0.1, 0.15) is 18.3 Å². The lowest BCUT2D eigenvalue weighted by Gasteiger charge is -2.33. The van der Waals surface area contributed by atoms with Crippen LogP contribution in [0.2, 0.25) is 10.0 Å². The Morgan fingerprint density at radius 1 is 1.08 bits per heavy atom. The molecule has 2 aromatic carbocycles. The SMILES string of the molecule is CCCCNC(=O)C(CC)N(Cc1ccc(Cl)c(Cl)c1)C(=O)CN(c1cccc(OC)c1)S(C)(=O)=O. The summed E-state index contributed by atoms with van der Waals surface area (Å²) in [6.45, 7) is 3.86. The normalized spacial score (nSPS) is 12.1. The average molecular weight is 559 g/mol. The molecule has 0 aliphatic rings. The molecule has 0 spiro atoms. The van der Waals surface area contributed by atoms with Crippen molar-refractivity contribution in [3.8, 4) is 5.75 Å². The van der Waals surface area contributed by atoms with Gasteiger partial charge in [-0.2, -0.15) is 0 Å². The third-order valence-corrected chi connectivity index (χ3v) is 7.45. The molecular formula is C25H33Cl2N3O5S. The highest BCUT2D eigenvalue weighted by molar-refractivity contribution is 7.92. The molecule has 0 radical (unpaired) electrons. The van der Waals surface area contributed by atoms with E-state index in [-0.39, 0.29) is 18.1 Å². The van der Waals surface area contributed by atoms with Crippen LogP contribution in [0, 0.1) is 0 Å². The largest absolute Gasteiger partial charge is 0.497 e. The third-order valence-electron chi connectivity index (χ3n) is 5.57. The second-order valence-corrected chi connectivity index (χ2v) is 11.0. The van der Waals surface area contributed by atoms with Crippen LogP contribution in [0.5, 0.6) is 5.75 Å². The molecule has 11 heteroatoms. The van der Waals surface area contributed by atoms with Crippen molar-refractivity contribution in [1.29, 1.82) is 0 Å². The van der Waals surface area contributed by atoms with Crippen LogP contribution >= 0.6 is 23.2 Å². The van der Waals surface area contributed by atoms with Gasteiger partial charge < -0.3 is 15.0 Å². The van der Waals surface area contributed by atoms with Gasteiger partial charge in [0, 0.05) is 19.2 Å². The number of methoxy groups -OCH3 is 1. The highest BCUT2D eigenvalue weighted by atomic mass is 35.5. The lowest BCUT2D eigenvalue weighted by atomic mass is 10.1. The van der Waals surface area contributed by atoms with Gasteiger partial charge in [-0.05, 0) is 42.7 Å². The lowest BCUT2D eigenvalue weighted by Crippen LogP contribution is -2.52. The molecule has 0 heterocycles. The summed E-state index contributed by atoms with van der Waals surface area (Å²) in [5.74, 6) is -0.388. The highest BCUT2D eigenvalue weighted by Crippen LogP contribution is 2.26. The molecule has 0 aliphatic carbocycles. The predicted molar refractivity (Wildman–Crippen MR) is 144 cm³/mol. The van der Waals surface area contributed by atoms with E-state index in [9.17, 15) is 18.0 Å². The third kappa shape index (κ3) is 8.28. The van der Waals surface area contributed by atoms with Gasteiger partial charge in [-0.3, -0.25) is 13.9 Å². The van der Waals surface area contributed by atoms with Crippen LogP contribution in [0.1, 0.15) is 38.7 Å². The van der Waals surface area contributed by atoms with Crippen LogP contribution in [0.25, 0.3) is 0 Å². The predicted octanol–water partition coefficient (Wildman–Crippen LogP) is 4.49. The quantitative estimate of drug-likeness (QED) is 0.366. The Balaban J connectivity index is 2.44. The van der Waals surface area contributed by atoms with Gasteiger partial charge >= 0.3 is 0 Å². The Bertz CT molecular complexity index is 1160. The molecule has 0 aliphatic heterocycles. The minimum absolute atomic E-state index is 0.0468. The maximum atomic E-state index is 13.7. The van der Waals surface area contributed by atoms with Gasteiger partial charge in [-0.15, -0.1) is 0 Å². The molecule has 1 unspecified atom stereocenters. The van der Waals surface area contributed by atoms with Crippen LogP contribution in [0.4, 0.5) is 5.69 Å². The van der Waals surface area contributed by atoms with Gasteiger partial charge in [0.05, 0.1) is 29.1 Å². The Hall–Kier alpha value is -2.49. The van der Waals surface area contributed by atoms with Crippen LogP contribution in [0.15, 0.2) is 42.5 Å².